The lowest BCUT2D eigenvalue weighted by Gasteiger charge is -2.33. The van der Waals surface area contributed by atoms with Crippen LogP contribution in [0, 0.1) is 6.92 Å². The maximum Gasteiger partial charge on any atom is 0.410 e. The average Bonchev–Trinajstić information content (AvgIpc) is 2.63. The van der Waals surface area contributed by atoms with Crippen LogP contribution in [-0.2, 0) is 4.74 Å². The number of rotatable bonds is 3. The average molecular weight is 367 g/mol. The molecule has 1 heterocycles. The zero-order chi connectivity index (χ0) is 19.4. The van der Waals surface area contributed by atoms with Gasteiger partial charge in [-0.25, -0.2) is 4.79 Å². The number of hydrogen-bond donors (Lipinski definition) is 0. The van der Waals surface area contributed by atoms with Crippen LogP contribution in [0.5, 0.6) is 11.5 Å². The fourth-order valence-corrected chi connectivity index (χ4v) is 3.27. The molecule has 0 atom stereocenters. The highest BCUT2D eigenvalue weighted by molar-refractivity contribution is 5.68. The molecule has 4 nitrogen and oxygen atoms in total. The summed E-state index contributed by atoms with van der Waals surface area (Å²) in [6.45, 7) is 9.24. The first-order valence-electron chi connectivity index (χ1n) is 9.62. The van der Waals surface area contributed by atoms with Crippen molar-refractivity contribution in [3.8, 4) is 11.5 Å². The third kappa shape index (κ3) is 5.49. The second-order valence-electron chi connectivity index (χ2n) is 8.23. The molecular formula is C23H29NO3. The first-order valence-corrected chi connectivity index (χ1v) is 9.62. The van der Waals surface area contributed by atoms with Gasteiger partial charge in [-0.2, -0.15) is 0 Å². The molecule has 1 fully saturated rings. The van der Waals surface area contributed by atoms with E-state index in [4.69, 9.17) is 9.47 Å². The second kappa shape index (κ2) is 8.03. The molecule has 144 valence electrons. The summed E-state index contributed by atoms with van der Waals surface area (Å²) in [6.07, 6.45) is 1.71. The first kappa shape index (κ1) is 19.3. The van der Waals surface area contributed by atoms with Crippen LogP contribution in [0.4, 0.5) is 4.79 Å². The van der Waals surface area contributed by atoms with E-state index in [0.717, 1.165) is 37.4 Å². The van der Waals surface area contributed by atoms with E-state index in [9.17, 15) is 4.79 Å². The molecule has 1 saturated heterocycles. The van der Waals surface area contributed by atoms with Gasteiger partial charge in [0, 0.05) is 13.1 Å². The molecule has 1 amide bonds. The van der Waals surface area contributed by atoms with Crippen LogP contribution in [0.15, 0.2) is 48.5 Å². The van der Waals surface area contributed by atoms with Crippen LogP contribution < -0.4 is 4.74 Å². The van der Waals surface area contributed by atoms with Crippen molar-refractivity contribution in [3.05, 3.63) is 59.7 Å². The third-order valence-electron chi connectivity index (χ3n) is 4.75. The summed E-state index contributed by atoms with van der Waals surface area (Å²) >= 11 is 0. The van der Waals surface area contributed by atoms with Crippen molar-refractivity contribution >= 4 is 6.09 Å². The number of piperidine rings is 1. The Morgan fingerprint density at radius 1 is 0.926 bits per heavy atom. The molecule has 2 aromatic rings. The molecule has 2 aromatic carbocycles. The molecule has 0 aromatic heterocycles. The number of benzene rings is 2. The largest absolute Gasteiger partial charge is 0.457 e. The Balaban J connectivity index is 1.54. The molecule has 0 bridgehead atoms. The maximum atomic E-state index is 12.2. The fourth-order valence-electron chi connectivity index (χ4n) is 3.27. The summed E-state index contributed by atoms with van der Waals surface area (Å²) < 4.78 is 11.4. The van der Waals surface area contributed by atoms with Crippen molar-refractivity contribution < 1.29 is 14.3 Å². The predicted molar refractivity (Wildman–Crippen MR) is 107 cm³/mol. The Morgan fingerprint density at radius 2 is 1.44 bits per heavy atom. The summed E-state index contributed by atoms with van der Waals surface area (Å²) in [5.41, 5.74) is 2.08. The lowest BCUT2D eigenvalue weighted by Crippen LogP contribution is -2.41. The van der Waals surface area contributed by atoms with Crippen molar-refractivity contribution in [1.29, 1.82) is 0 Å². The molecule has 1 aliphatic heterocycles. The number of hydrogen-bond acceptors (Lipinski definition) is 3. The lowest BCUT2D eigenvalue weighted by molar-refractivity contribution is 0.0205. The van der Waals surface area contributed by atoms with Gasteiger partial charge in [-0.3, -0.25) is 0 Å². The Kier molecular flexibility index (Phi) is 5.73. The quantitative estimate of drug-likeness (QED) is 0.678. The van der Waals surface area contributed by atoms with Crippen molar-refractivity contribution in [1.82, 2.24) is 4.90 Å². The van der Waals surface area contributed by atoms with Gasteiger partial charge < -0.3 is 14.4 Å². The summed E-state index contributed by atoms with van der Waals surface area (Å²) in [6, 6.07) is 16.4. The van der Waals surface area contributed by atoms with Crippen LogP contribution in [0.2, 0.25) is 0 Å². The van der Waals surface area contributed by atoms with Gasteiger partial charge >= 0.3 is 6.09 Å². The topological polar surface area (TPSA) is 38.8 Å². The van der Waals surface area contributed by atoms with Gasteiger partial charge in [-0.05, 0) is 76.3 Å². The molecule has 27 heavy (non-hydrogen) atoms. The summed E-state index contributed by atoms with van der Waals surface area (Å²) in [4.78, 5) is 14.0. The van der Waals surface area contributed by atoms with E-state index in [1.54, 1.807) is 0 Å². The van der Waals surface area contributed by atoms with E-state index in [2.05, 4.69) is 19.1 Å². The van der Waals surface area contributed by atoms with Crippen LogP contribution in [-0.4, -0.2) is 29.7 Å². The second-order valence-corrected chi connectivity index (χ2v) is 8.23. The molecule has 0 saturated carbocycles. The zero-order valence-corrected chi connectivity index (χ0v) is 16.7. The predicted octanol–water partition coefficient (Wildman–Crippen LogP) is 5.90. The Hall–Kier alpha value is -2.49. The minimum Gasteiger partial charge on any atom is -0.457 e. The highest BCUT2D eigenvalue weighted by Gasteiger charge is 2.27. The van der Waals surface area contributed by atoms with Crippen LogP contribution in [0.1, 0.15) is 50.7 Å². The Morgan fingerprint density at radius 3 is 1.96 bits per heavy atom. The number of nitrogens with zero attached hydrogens (tertiary/aromatic N) is 1. The zero-order valence-electron chi connectivity index (χ0n) is 16.7. The van der Waals surface area contributed by atoms with Gasteiger partial charge in [-0.1, -0.05) is 29.8 Å². The van der Waals surface area contributed by atoms with E-state index < -0.39 is 5.60 Å². The number of aryl methyl sites for hydroxylation is 1. The van der Waals surface area contributed by atoms with Crippen molar-refractivity contribution in [2.24, 2.45) is 0 Å². The summed E-state index contributed by atoms with van der Waals surface area (Å²) in [5, 5.41) is 0. The molecule has 0 unspecified atom stereocenters. The monoisotopic (exact) mass is 367 g/mol. The fraction of sp³-hybridized carbons (Fsp3) is 0.435. The minimum atomic E-state index is -0.443. The van der Waals surface area contributed by atoms with Gasteiger partial charge in [0.1, 0.15) is 17.1 Å². The number of likely N-dealkylation sites (tertiary alicyclic amines) is 1. The van der Waals surface area contributed by atoms with E-state index in [-0.39, 0.29) is 6.09 Å². The highest BCUT2D eigenvalue weighted by Crippen LogP contribution is 2.31. The standard InChI is InChI=1S/C23H29NO3/c1-17-5-9-20(10-6-17)26-21-11-7-18(8-12-21)19-13-15-24(16-14-19)22(25)27-23(2,3)4/h5-12,19H,13-16H2,1-4H3. The molecule has 0 N–H and O–H groups in total. The van der Waals surface area contributed by atoms with Crippen molar-refractivity contribution in [2.45, 2.75) is 52.1 Å². The maximum absolute atomic E-state index is 12.2. The van der Waals surface area contributed by atoms with E-state index in [1.165, 1.54) is 11.1 Å². The van der Waals surface area contributed by atoms with Crippen molar-refractivity contribution in [3.63, 3.8) is 0 Å². The van der Waals surface area contributed by atoms with Gasteiger partial charge in [0.15, 0.2) is 0 Å². The van der Waals surface area contributed by atoms with Crippen LogP contribution in [0.25, 0.3) is 0 Å². The van der Waals surface area contributed by atoms with E-state index in [0.29, 0.717) is 5.92 Å². The highest BCUT2D eigenvalue weighted by atomic mass is 16.6. The third-order valence-corrected chi connectivity index (χ3v) is 4.75. The summed E-state index contributed by atoms with van der Waals surface area (Å²) in [7, 11) is 0. The van der Waals surface area contributed by atoms with Gasteiger partial charge in [0.2, 0.25) is 0 Å². The van der Waals surface area contributed by atoms with Crippen LogP contribution in [0.3, 0.4) is 0 Å². The number of carbonyl (C=O) groups is 1. The molecule has 1 aliphatic rings. The van der Waals surface area contributed by atoms with E-state index >= 15 is 0 Å². The Labute approximate surface area is 162 Å². The van der Waals surface area contributed by atoms with Gasteiger partial charge in [-0.15, -0.1) is 0 Å². The number of amides is 1. The Bertz CT molecular complexity index is 752. The lowest BCUT2D eigenvalue weighted by atomic mass is 9.89. The SMILES string of the molecule is Cc1ccc(Oc2ccc(C3CCN(C(=O)OC(C)(C)C)CC3)cc2)cc1. The van der Waals surface area contributed by atoms with E-state index in [1.807, 2.05) is 62.1 Å². The smallest absolute Gasteiger partial charge is 0.410 e. The number of ether oxygens (including phenoxy) is 2. The molecule has 0 radical (unpaired) electrons. The molecule has 3 rings (SSSR count). The normalized spacial score (nSPS) is 15.5. The number of carbonyl (C=O) groups excluding carboxylic acids is 1. The minimum absolute atomic E-state index is 0.206. The van der Waals surface area contributed by atoms with Crippen LogP contribution >= 0.6 is 0 Å². The first-order chi connectivity index (χ1) is 12.8. The van der Waals surface area contributed by atoms with Gasteiger partial charge in [0.25, 0.3) is 0 Å². The summed E-state index contributed by atoms with van der Waals surface area (Å²) in [5.74, 6) is 2.16. The van der Waals surface area contributed by atoms with Gasteiger partial charge in [0.05, 0.1) is 0 Å². The molecular weight excluding hydrogens is 338 g/mol. The molecule has 4 heteroatoms. The van der Waals surface area contributed by atoms with Crippen molar-refractivity contribution in [2.75, 3.05) is 13.1 Å². The molecule has 0 spiro atoms. The molecule has 0 aliphatic carbocycles.